The van der Waals surface area contributed by atoms with E-state index >= 15 is 0 Å². The number of ether oxygens (including phenoxy) is 1. The minimum Gasteiger partial charge on any atom is -0.462 e. The van der Waals surface area contributed by atoms with Crippen LogP contribution >= 0.6 is 11.8 Å². The minimum atomic E-state index is -0.362. The van der Waals surface area contributed by atoms with Gasteiger partial charge in [0.2, 0.25) is 0 Å². The highest BCUT2D eigenvalue weighted by Gasteiger charge is 2.05. The van der Waals surface area contributed by atoms with Crippen molar-refractivity contribution in [3.05, 3.63) is 53.9 Å². The molecule has 0 radical (unpaired) electrons. The maximum absolute atomic E-state index is 11.3. The van der Waals surface area contributed by atoms with Crippen LogP contribution in [0.15, 0.2) is 53.2 Å². The molecule has 2 aromatic rings. The Hall–Kier alpha value is -2.34. The van der Waals surface area contributed by atoms with E-state index in [1.54, 1.807) is 18.7 Å². The van der Waals surface area contributed by atoms with Crippen LogP contribution in [0.5, 0.6) is 0 Å². The largest absolute Gasteiger partial charge is 0.462 e. The number of hydrogen-bond acceptors (Lipinski definition) is 6. The molecule has 0 aliphatic carbocycles. The first-order valence-electron chi connectivity index (χ1n) is 9.19. The number of carbonyl (C=O) groups excluding carboxylic acids is 1. The molecule has 1 aromatic carbocycles. The van der Waals surface area contributed by atoms with E-state index in [1.807, 2.05) is 43.3 Å². The summed E-state index contributed by atoms with van der Waals surface area (Å²) in [5, 5.41) is 1.01. The molecule has 0 saturated carbocycles. The van der Waals surface area contributed by atoms with Crippen LogP contribution in [0.1, 0.15) is 38.3 Å². The molecule has 6 heteroatoms. The van der Waals surface area contributed by atoms with Gasteiger partial charge in [-0.1, -0.05) is 43.2 Å². The zero-order valence-electron chi connectivity index (χ0n) is 16.0. The fourth-order valence-electron chi connectivity index (χ4n) is 2.46. The number of aryl methyl sites for hydroxylation is 1. The molecule has 5 nitrogen and oxygen atoms in total. The van der Waals surface area contributed by atoms with Crippen LogP contribution in [0.25, 0.3) is 11.4 Å². The SMILES string of the molecule is C/C(N)=C/C(=O)OCCCCCCSc1cc(C)nc(-c2ccccc2)n1. The van der Waals surface area contributed by atoms with Gasteiger partial charge in [0.05, 0.1) is 6.61 Å². The molecule has 0 saturated heterocycles. The molecular formula is C21H27N3O2S. The third-order valence-corrected chi connectivity index (χ3v) is 4.74. The minimum absolute atomic E-state index is 0.362. The summed E-state index contributed by atoms with van der Waals surface area (Å²) in [6.07, 6.45) is 5.43. The average molecular weight is 386 g/mol. The summed E-state index contributed by atoms with van der Waals surface area (Å²) in [5.74, 6) is 1.43. The highest BCUT2D eigenvalue weighted by Crippen LogP contribution is 2.22. The van der Waals surface area contributed by atoms with Gasteiger partial charge in [-0.25, -0.2) is 14.8 Å². The number of nitrogens with zero attached hydrogens (tertiary/aromatic N) is 2. The monoisotopic (exact) mass is 385 g/mol. The van der Waals surface area contributed by atoms with Crippen molar-refractivity contribution < 1.29 is 9.53 Å². The van der Waals surface area contributed by atoms with Crippen molar-refractivity contribution in [2.75, 3.05) is 12.4 Å². The zero-order chi connectivity index (χ0) is 19.5. The van der Waals surface area contributed by atoms with Crippen LogP contribution in [0.4, 0.5) is 0 Å². The van der Waals surface area contributed by atoms with Crippen LogP contribution in [0.3, 0.4) is 0 Å². The van der Waals surface area contributed by atoms with Gasteiger partial charge in [0.1, 0.15) is 5.03 Å². The van der Waals surface area contributed by atoms with Crippen LogP contribution in [0, 0.1) is 6.92 Å². The van der Waals surface area contributed by atoms with Crippen molar-refractivity contribution >= 4 is 17.7 Å². The second-order valence-corrected chi connectivity index (χ2v) is 7.47. The number of benzene rings is 1. The Morgan fingerprint density at radius 2 is 1.89 bits per heavy atom. The van der Waals surface area contributed by atoms with Crippen molar-refractivity contribution in [1.29, 1.82) is 0 Å². The van der Waals surface area contributed by atoms with Crippen molar-refractivity contribution in [2.24, 2.45) is 5.73 Å². The Bertz CT molecular complexity index is 759. The van der Waals surface area contributed by atoms with Gasteiger partial charge in [-0.15, -0.1) is 11.8 Å². The lowest BCUT2D eigenvalue weighted by atomic mass is 10.2. The molecule has 2 N–H and O–H groups in total. The lowest BCUT2D eigenvalue weighted by Crippen LogP contribution is -2.05. The van der Waals surface area contributed by atoms with E-state index in [4.69, 9.17) is 10.5 Å². The molecular weight excluding hydrogens is 358 g/mol. The molecule has 0 amide bonds. The second-order valence-electron chi connectivity index (χ2n) is 6.36. The summed E-state index contributed by atoms with van der Waals surface area (Å²) < 4.78 is 5.08. The fraction of sp³-hybridized carbons (Fsp3) is 0.381. The highest BCUT2D eigenvalue weighted by atomic mass is 32.2. The number of esters is 1. The molecule has 0 atom stereocenters. The standard InChI is InChI=1S/C21H27N3O2S/c1-16(22)14-20(25)26-12-8-3-4-9-13-27-19-15-17(2)23-21(24-19)18-10-6-5-7-11-18/h5-7,10-11,14-15H,3-4,8-9,12-13,22H2,1-2H3/b16-14-. The molecule has 0 fully saturated rings. The molecule has 0 aliphatic rings. The molecule has 1 heterocycles. The van der Waals surface area contributed by atoms with Gasteiger partial charge in [-0.05, 0) is 38.5 Å². The van der Waals surface area contributed by atoms with E-state index in [0.717, 1.165) is 53.5 Å². The normalized spacial score (nSPS) is 11.4. The third-order valence-electron chi connectivity index (χ3n) is 3.74. The second kappa shape index (κ2) is 11.4. The average Bonchev–Trinajstić information content (AvgIpc) is 2.63. The van der Waals surface area contributed by atoms with Gasteiger partial charge >= 0.3 is 5.97 Å². The fourth-order valence-corrected chi connectivity index (χ4v) is 3.43. The Kier molecular flexibility index (Phi) is 8.84. The highest BCUT2D eigenvalue weighted by molar-refractivity contribution is 7.99. The number of hydrogen-bond donors (Lipinski definition) is 1. The Balaban J connectivity index is 1.67. The van der Waals surface area contributed by atoms with E-state index in [0.29, 0.717) is 12.3 Å². The van der Waals surface area contributed by atoms with Crippen molar-refractivity contribution in [1.82, 2.24) is 9.97 Å². The van der Waals surface area contributed by atoms with Crippen LogP contribution in [-0.4, -0.2) is 28.3 Å². The summed E-state index contributed by atoms with van der Waals surface area (Å²) in [4.78, 5) is 20.5. The van der Waals surface area contributed by atoms with E-state index in [2.05, 4.69) is 9.97 Å². The first-order valence-corrected chi connectivity index (χ1v) is 10.2. The number of carbonyl (C=O) groups is 1. The number of nitrogens with two attached hydrogens (primary N) is 1. The summed E-state index contributed by atoms with van der Waals surface area (Å²) in [6, 6.07) is 12.1. The predicted molar refractivity (Wildman–Crippen MR) is 110 cm³/mol. The van der Waals surface area contributed by atoms with E-state index < -0.39 is 0 Å². The summed E-state index contributed by atoms with van der Waals surface area (Å²) in [6.45, 7) is 4.11. The van der Waals surface area contributed by atoms with Crippen LogP contribution < -0.4 is 5.73 Å². The number of unbranched alkanes of at least 4 members (excludes halogenated alkanes) is 3. The quantitative estimate of drug-likeness (QED) is 0.213. The van der Waals surface area contributed by atoms with Crippen molar-refractivity contribution in [2.45, 2.75) is 44.6 Å². The van der Waals surface area contributed by atoms with Crippen molar-refractivity contribution in [3.8, 4) is 11.4 Å². The molecule has 0 unspecified atom stereocenters. The molecule has 1 aromatic heterocycles. The first-order chi connectivity index (χ1) is 13.0. The third kappa shape index (κ3) is 8.26. The van der Waals surface area contributed by atoms with Gasteiger partial charge in [-0.3, -0.25) is 0 Å². The van der Waals surface area contributed by atoms with Gasteiger partial charge in [0, 0.05) is 23.0 Å². The van der Waals surface area contributed by atoms with Gasteiger partial charge in [-0.2, -0.15) is 0 Å². The molecule has 0 spiro atoms. The zero-order valence-corrected chi connectivity index (χ0v) is 16.8. The van der Waals surface area contributed by atoms with E-state index in [1.165, 1.54) is 6.08 Å². The number of aromatic nitrogens is 2. The molecule has 0 bridgehead atoms. The smallest absolute Gasteiger partial charge is 0.332 e. The molecule has 144 valence electrons. The van der Waals surface area contributed by atoms with Gasteiger partial charge in [0.15, 0.2) is 5.82 Å². The maximum atomic E-state index is 11.3. The van der Waals surface area contributed by atoms with Gasteiger partial charge < -0.3 is 10.5 Å². The summed E-state index contributed by atoms with van der Waals surface area (Å²) in [7, 11) is 0. The Labute approximate surface area is 165 Å². The van der Waals surface area contributed by atoms with E-state index in [-0.39, 0.29) is 5.97 Å². The topological polar surface area (TPSA) is 78.1 Å². The number of rotatable bonds is 10. The van der Waals surface area contributed by atoms with Gasteiger partial charge in [0.25, 0.3) is 0 Å². The molecule has 2 rings (SSSR count). The molecule has 0 aliphatic heterocycles. The lowest BCUT2D eigenvalue weighted by Gasteiger charge is -2.06. The maximum Gasteiger partial charge on any atom is 0.332 e. The summed E-state index contributed by atoms with van der Waals surface area (Å²) >= 11 is 1.76. The Morgan fingerprint density at radius 3 is 2.63 bits per heavy atom. The predicted octanol–water partition coefficient (Wildman–Crippen LogP) is 4.51. The number of allylic oxidation sites excluding steroid dienone is 1. The summed E-state index contributed by atoms with van der Waals surface area (Å²) in [5.41, 5.74) is 7.91. The number of thioether (sulfide) groups is 1. The Morgan fingerprint density at radius 1 is 1.15 bits per heavy atom. The van der Waals surface area contributed by atoms with Crippen LogP contribution in [-0.2, 0) is 9.53 Å². The van der Waals surface area contributed by atoms with Crippen LogP contribution in [0.2, 0.25) is 0 Å². The van der Waals surface area contributed by atoms with Crippen molar-refractivity contribution in [3.63, 3.8) is 0 Å². The van der Waals surface area contributed by atoms with E-state index in [9.17, 15) is 4.79 Å². The lowest BCUT2D eigenvalue weighted by molar-refractivity contribution is -0.137. The molecule has 27 heavy (non-hydrogen) atoms. The first kappa shape index (κ1) is 21.0.